The van der Waals surface area contributed by atoms with Gasteiger partial charge < -0.3 is 14.5 Å². The molecule has 1 aromatic carbocycles. The van der Waals surface area contributed by atoms with Gasteiger partial charge in [-0.1, -0.05) is 0 Å². The van der Waals surface area contributed by atoms with Crippen molar-refractivity contribution in [3.8, 4) is 17.0 Å². The van der Waals surface area contributed by atoms with E-state index in [0.29, 0.717) is 16.8 Å². The van der Waals surface area contributed by atoms with Crippen molar-refractivity contribution in [3.63, 3.8) is 0 Å². The number of imidazole rings is 1. The maximum atomic E-state index is 12.4. The number of benzene rings is 1. The summed E-state index contributed by atoms with van der Waals surface area (Å²) in [6, 6.07) is 7.44. The SMILES string of the molecule is Cl.O=c1oc2cc(O[C@@H]3CCNC3)ccc2cc1-c1cn2ccsc2n1. The highest BCUT2D eigenvalue weighted by molar-refractivity contribution is 7.15. The first-order valence-corrected chi connectivity index (χ1v) is 9.02. The zero-order valence-corrected chi connectivity index (χ0v) is 15.3. The smallest absolute Gasteiger partial charge is 0.345 e. The number of hydrogen-bond acceptors (Lipinski definition) is 6. The van der Waals surface area contributed by atoms with Crippen LogP contribution in [0.15, 0.2) is 51.3 Å². The zero-order chi connectivity index (χ0) is 16.8. The molecule has 0 spiro atoms. The molecule has 4 aromatic rings. The van der Waals surface area contributed by atoms with Gasteiger partial charge >= 0.3 is 5.63 Å². The second-order valence-electron chi connectivity index (χ2n) is 6.10. The molecule has 0 bridgehead atoms. The first-order chi connectivity index (χ1) is 12.3. The number of nitrogens with zero attached hydrogens (tertiary/aromatic N) is 2. The van der Waals surface area contributed by atoms with Crippen molar-refractivity contribution in [1.29, 1.82) is 0 Å². The summed E-state index contributed by atoms with van der Waals surface area (Å²) in [6.07, 6.45) is 4.91. The fraction of sp³-hybridized carbons (Fsp3) is 0.222. The van der Waals surface area contributed by atoms with Gasteiger partial charge in [0.25, 0.3) is 0 Å². The highest BCUT2D eigenvalue weighted by Crippen LogP contribution is 2.26. The van der Waals surface area contributed by atoms with Crippen molar-refractivity contribution in [3.05, 3.63) is 52.5 Å². The monoisotopic (exact) mass is 389 g/mol. The molecule has 134 valence electrons. The van der Waals surface area contributed by atoms with E-state index in [9.17, 15) is 4.79 Å². The standard InChI is InChI=1S/C18H15N3O3S.ClH/c22-17-14(15-10-21-5-6-25-18(21)20-15)7-11-1-2-12(8-16(11)24-17)23-13-3-4-19-9-13;/h1-2,5-8,10,13,19H,3-4,9H2;1H/t13-;/m1./s1. The predicted molar refractivity (Wildman–Crippen MR) is 104 cm³/mol. The fourth-order valence-corrected chi connectivity index (χ4v) is 3.82. The summed E-state index contributed by atoms with van der Waals surface area (Å²) in [5.74, 6) is 0.722. The number of nitrogens with one attached hydrogen (secondary N) is 1. The lowest BCUT2D eigenvalue weighted by molar-refractivity contribution is 0.223. The van der Waals surface area contributed by atoms with Crippen LogP contribution in [0, 0.1) is 0 Å². The maximum absolute atomic E-state index is 12.4. The Morgan fingerprint density at radius 3 is 3.08 bits per heavy atom. The van der Waals surface area contributed by atoms with Crippen LogP contribution in [-0.2, 0) is 0 Å². The average molecular weight is 390 g/mol. The van der Waals surface area contributed by atoms with Crippen molar-refractivity contribution in [2.75, 3.05) is 13.1 Å². The number of thiazole rings is 1. The van der Waals surface area contributed by atoms with E-state index >= 15 is 0 Å². The second kappa shape index (κ2) is 6.75. The summed E-state index contributed by atoms with van der Waals surface area (Å²) in [7, 11) is 0. The number of aromatic nitrogens is 2. The van der Waals surface area contributed by atoms with Gasteiger partial charge in [0.05, 0.1) is 11.3 Å². The molecule has 1 atom stereocenters. The van der Waals surface area contributed by atoms with Gasteiger partial charge in [0.15, 0.2) is 4.96 Å². The van der Waals surface area contributed by atoms with Gasteiger partial charge in [-0.05, 0) is 31.2 Å². The Morgan fingerprint density at radius 2 is 2.27 bits per heavy atom. The lowest BCUT2D eigenvalue weighted by atomic mass is 10.1. The van der Waals surface area contributed by atoms with Gasteiger partial charge in [-0.25, -0.2) is 9.78 Å². The summed E-state index contributed by atoms with van der Waals surface area (Å²) in [5, 5.41) is 6.07. The minimum Gasteiger partial charge on any atom is -0.489 e. The van der Waals surface area contributed by atoms with Crippen molar-refractivity contribution >= 4 is 39.7 Å². The topological polar surface area (TPSA) is 68.8 Å². The third-order valence-electron chi connectivity index (χ3n) is 4.39. The van der Waals surface area contributed by atoms with E-state index in [1.54, 1.807) is 6.07 Å². The number of halogens is 1. The molecule has 0 amide bonds. The zero-order valence-electron chi connectivity index (χ0n) is 13.7. The Kier molecular flexibility index (Phi) is 4.44. The van der Waals surface area contributed by atoms with Gasteiger partial charge in [0.2, 0.25) is 0 Å². The Morgan fingerprint density at radius 1 is 1.35 bits per heavy atom. The Bertz CT molecular complexity index is 1100. The highest BCUT2D eigenvalue weighted by atomic mass is 35.5. The molecule has 0 saturated carbocycles. The number of hydrogen-bond donors (Lipinski definition) is 1. The van der Waals surface area contributed by atoms with E-state index in [-0.39, 0.29) is 18.5 Å². The van der Waals surface area contributed by atoms with Crippen molar-refractivity contribution < 1.29 is 9.15 Å². The minimum absolute atomic E-state index is 0. The van der Waals surface area contributed by atoms with Crippen molar-refractivity contribution in [1.82, 2.24) is 14.7 Å². The van der Waals surface area contributed by atoms with E-state index in [0.717, 1.165) is 35.6 Å². The minimum atomic E-state index is -0.391. The average Bonchev–Trinajstić information content (AvgIpc) is 3.31. The van der Waals surface area contributed by atoms with E-state index in [2.05, 4.69) is 10.3 Å². The lowest BCUT2D eigenvalue weighted by Gasteiger charge is -2.12. The van der Waals surface area contributed by atoms with E-state index in [4.69, 9.17) is 9.15 Å². The van der Waals surface area contributed by atoms with Gasteiger partial charge in [0.1, 0.15) is 17.4 Å². The molecular formula is C18H16ClN3O3S. The van der Waals surface area contributed by atoms with E-state index in [1.165, 1.54) is 11.3 Å². The summed E-state index contributed by atoms with van der Waals surface area (Å²) in [6.45, 7) is 1.82. The summed E-state index contributed by atoms with van der Waals surface area (Å²) in [4.78, 5) is 17.8. The van der Waals surface area contributed by atoms with Gasteiger partial charge in [-0.2, -0.15) is 0 Å². The summed E-state index contributed by atoms with van der Waals surface area (Å²) < 4.78 is 13.4. The van der Waals surface area contributed by atoms with Gasteiger partial charge in [-0.15, -0.1) is 23.7 Å². The highest BCUT2D eigenvalue weighted by Gasteiger charge is 2.17. The molecular weight excluding hydrogens is 374 g/mol. The number of rotatable bonds is 3. The molecule has 0 unspecified atom stereocenters. The molecule has 8 heteroatoms. The summed E-state index contributed by atoms with van der Waals surface area (Å²) >= 11 is 1.53. The van der Waals surface area contributed by atoms with Crippen LogP contribution in [-0.4, -0.2) is 28.6 Å². The van der Waals surface area contributed by atoms with Gasteiger partial charge in [0, 0.05) is 35.8 Å². The molecule has 1 aliphatic heterocycles. The van der Waals surface area contributed by atoms with Crippen LogP contribution in [0.2, 0.25) is 0 Å². The Hall–Kier alpha value is -2.35. The molecule has 0 radical (unpaired) electrons. The van der Waals surface area contributed by atoms with Crippen LogP contribution in [0.5, 0.6) is 5.75 Å². The summed E-state index contributed by atoms with van der Waals surface area (Å²) in [5.41, 5.74) is 1.23. The molecule has 6 nitrogen and oxygen atoms in total. The molecule has 5 rings (SSSR count). The van der Waals surface area contributed by atoms with Crippen LogP contribution in [0.3, 0.4) is 0 Å². The van der Waals surface area contributed by atoms with E-state index < -0.39 is 5.63 Å². The molecule has 1 fully saturated rings. The molecule has 4 heterocycles. The van der Waals surface area contributed by atoms with E-state index in [1.807, 2.05) is 40.4 Å². The fourth-order valence-electron chi connectivity index (χ4n) is 3.12. The molecule has 0 aliphatic carbocycles. The molecule has 1 aliphatic rings. The Balaban J connectivity index is 0.00000168. The maximum Gasteiger partial charge on any atom is 0.345 e. The third kappa shape index (κ3) is 2.98. The van der Waals surface area contributed by atoms with Crippen LogP contribution in [0.25, 0.3) is 27.2 Å². The van der Waals surface area contributed by atoms with Crippen LogP contribution < -0.4 is 15.7 Å². The van der Waals surface area contributed by atoms with Crippen LogP contribution >= 0.6 is 23.7 Å². The molecule has 1 N–H and O–H groups in total. The van der Waals surface area contributed by atoms with Crippen LogP contribution in [0.4, 0.5) is 0 Å². The normalized spacial score (nSPS) is 16.8. The largest absolute Gasteiger partial charge is 0.489 e. The first-order valence-electron chi connectivity index (χ1n) is 8.14. The lowest BCUT2D eigenvalue weighted by Crippen LogP contribution is -2.19. The van der Waals surface area contributed by atoms with Crippen molar-refractivity contribution in [2.24, 2.45) is 0 Å². The Labute approximate surface area is 158 Å². The molecule has 3 aromatic heterocycles. The number of fused-ring (bicyclic) bond motifs is 2. The second-order valence-corrected chi connectivity index (χ2v) is 6.97. The molecule has 1 saturated heterocycles. The first kappa shape index (κ1) is 17.1. The van der Waals surface area contributed by atoms with Crippen molar-refractivity contribution in [2.45, 2.75) is 12.5 Å². The number of ether oxygens (including phenoxy) is 1. The predicted octanol–water partition coefficient (Wildman–Crippen LogP) is 3.33. The quantitative estimate of drug-likeness (QED) is 0.544. The third-order valence-corrected chi connectivity index (χ3v) is 5.17. The van der Waals surface area contributed by atoms with Gasteiger partial charge in [-0.3, -0.25) is 4.40 Å². The van der Waals surface area contributed by atoms with Crippen LogP contribution in [0.1, 0.15) is 6.42 Å². The molecule has 26 heavy (non-hydrogen) atoms.